The van der Waals surface area contributed by atoms with Crippen LogP contribution in [0.4, 0.5) is 0 Å². The third-order valence-electron chi connectivity index (χ3n) is 4.08. The largest absolute Gasteiger partial charge is 0.0654 e. The molecule has 0 bridgehead atoms. The van der Waals surface area contributed by atoms with Crippen LogP contribution in [-0.4, -0.2) is 0 Å². The van der Waals surface area contributed by atoms with E-state index in [-0.39, 0.29) is 0 Å². The Hall–Kier alpha value is -0.300. The summed E-state index contributed by atoms with van der Waals surface area (Å²) in [6.45, 7) is 9.27. The minimum absolute atomic E-state index is 0.290. The molecule has 1 heteroatoms. The molecule has 108 valence electrons. The molecule has 0 aromatic heterocycles. The van der Waals surface area contributed by atoms with E-state index >= 15 is 0 Å². The van der Waals surface area contributed by atoms with Crippen molar-refractivity contribution in [3.63, 3.8) is 0 Å². The van der Waals surface area contributed by atoms with Gasteiger partial charge in [-0.25, -0.2) is 0 Å². The van der Waals surface area contributed by atoms with Gasteiger partial charge >= 0.3 is 0 Å². The van der Waals surface area contributed by atoms with Crippen LogP contribution >= 0.6 is 15.9 Å². The zero-order chi connectivity index (χ0) is 14.3. The molecule has 0 unspecified atom stereocenters. The Balaban J connectivity index is 2.48. The Morgan fingerprint density at radius 3 is 2.32 bits per heavy atom. The van der Waals surface area contributed by atoms with Crippen LogP contribution in [0.15, 0.2) is 22.7 Å². The summed E-state index contributed by atoms with van der Waals surface area (Å²) in [5, 5.41) is 0. The van der Waals surface area contributed by atoms with Crippen molar-refractivity contribution in [1.29, 1.82) is 0 Å². The molecule has 0 radical (unpaired) electrons. The van der Waals surface area contributed by atoms with Gasteiger partial charge in [-0.05, 0) is 42.0 Å². The number of aryl methyl sites for hydroxylation is 1. The first kappa shape index (κ1) is 16.8. The summed E-state index contributed by atoms with van der Waals surface area (Å²) < 4.78 is 1.20. The Morgan fingerprint density at radius 2 is 1.63 bits per heavy atom. The van der Waals surface area contributed by atoms with E-state index in [1.54, 1.807) is 0 Å². The Bertz CT molecular complexity index is 379. The Kier molecular flexibility index (Phi) is 7.13. The monoisotopic (exact) mass is 324 g/mol. The number of rotatable bonds is 8. The van der Waals surface area contributed by atoms with Gasteiger partial charge in [0.2, 0.25) is 0 Å². The SMILES string of the molecule is CCCCCCCCC(C)(C)c1cc(Br)ccc1C. The maximum absolute atomic E-state index is 3.60. The topological polar surface area (TPSA) is 0 Å². The van der Waals surface area contributed by atoms with Crippen LogP contribution in [0, 0.1) is 6.92 Å². The lowest BCUT2D eigenvalue weighted by atomic mass is 9.78. The Morgan fingerprint density at radius 1 is 1.00 bits per heavy atom. The van der Waals surface area contributed by atoms with Crippen molar-refractivity contribution in [2.75, 3.05) is 0 Å². The van der Waals surface area contributed by atoms with E-state index in [2.05, 4.69) is 61.8 Å². The predicted molar refractivity (Wildman–Crippen MR) is 89.9 cm³/mol. The molecule has 0 saturated carbocycles. The van der Waals surface area contributed by atoms with E-state index in [1.165, 1.54) is 60.5 Å². The van der Waals surface area contributed by atoms with E-state index < -0.39 is 0 Å². The van der Waals surface area contributed by atoms with Crippen molar-refractivity contribution in [1.82, 2.24) is 0 Å². The van der Waals surface area contributed by atoms with Crippen LogP contribution < -0.4 is 0 Å². The summed E-state index contributed by atoms with van der Waals surface area (Å²) >= 11 is 3.60. The molecule has 0 nitrogen and oxygen atoms in total. The molecule has 1 aromatic carbocycles. The lowest BCUT2D eigenvalue weighted by Gasteiger charge is -2.27. The van der Waals surface area contributed by atoms with E-state index in [9.17, 15) is 0 Å². The second-order valence-corrected chi connectivity index (χ2v) is 7.28. The fraction of sp³-hybridized carbons (Fsp3) is 0.667. The van der Waals surface area contributed by atoms with E-state index in [1.807, 2.05) is 0 Å². The molecule has 0 atom stereocenters. The molecular weight excluding hydrogens is 296 g/mol. The summed E-state index contributed by atoms with van der Waals surface area (Å²) in [5.41, 5.74) is 3.20. The number of unbranched alkanes of at least 4 members (excludes halogenated alkanes) is 5. The lowest BCUT2D eigenvalue weighted by molar-refractivity contribution is 0.440. The molecule has 1 aromatic rings. The summed E-state index contributed by atoms with van der Waals surface area (Å²) in [5.74, 6) is 0. The summed E-state index contributed by atoms with van der Waals surface area (Å²) in [6, 6.07) is 6.66. The van der Waals surface area contributed by atoms with Crippen molar-refractivity contribution < 1.29 is 0 Å². The summed E-state index contributed by atoms with van der Waals surface area (Å²) in [6.07, 6.45) is 9.57. The highest BCUT2D eigenvalue weighted by atomic mass is 79.9. The first-order valence-electron chi connectivity index (χ1n) is 7.74. The fourth-order valence-electron chi connectivity index (χ4n) is 2.81. The smallest absolute Gasteiger partial charge is 0.0178 e. The maximum atomic E-state index is 3.60. The first-order valence-corrected chi connectivity index (χ1v) is 8.53. The van der Waals surface area contributed by atoms with Gasteiger partial charge in [0.25, 0.3) is 0 Å². The van der Waals surface area contributed by atoms with Crippen molar-refractivity contribution in [3.8, 4) is 0 Å². The highest BCUT2D eigenvalue weighted by molar-refractivity contribution is 9.10. The van der Waals surface area contributed by atoms with Crippen LogP contribution in [0.25, 0.3) is 0 Å². The van der Waals surface area contributed by atoms with Gasteiger partial charge in [0.1, 0.15) is 0 Å². The van der Waals surface area contributed by atoms with Gasteiger partial charge in [-0.3, -0.25) is 0 Å². The minimum atomic E-state index is 0.290. The average molecular weight is 325 g/mol. The molecule has 0 spiro atoms. The second-order valence-electron chi connectivity index (χ2n) is 6.36. The van der Waals surface area contributed by atoms with Gasteiger partial charge in [0, 0.05) is 4.47 Å². The Labute approximate surface area is 128 Å². The van der Waals surface area contributed by atoms with Gasteiger partial charge in [0.05, 0.1) is 0 Å². The standard InChI is InChI=1S/C18H29Br/c1-5-6-7-8-9-10-13-18(3,4)17-14-16(19)12-11-15(17)2/h11-12,14H,5-10,13H2,1-4H3. The van der Waals surface area contributed by atoms with Crippen LogP contribution in [0.2, 0.25) is 0 Å². The van der Waals surface area contributed by atoms with Gasteiger partial charge in [-0.2, -0.15) is 0 Å². The zero-order valence-electron chi connectivity index (χ0n) is 13.1. The van der Waals surface area contributed by atoms with Crippen LogP contribution in [-0.2, 0) is 5.41 Å². The summed E-state index contributed by atoms with van der Waals surface area (Å²) in [7, 11) is 0. The molecule has 0 amide bonds. The lowest BCUT2D eigenvalue weighted by Crippen LogP contribution is -2.18. The third kappa shape index (κ3) is 5.69. The van der Waals surface area contributed by atoms with Crippen molar-refractivity contribution in [3.05, 3.63) is 33.8 Å². The second kappa shape index (κ2) is 8.09. The molecule has 0 aliphatic rings. The zero-order valence-corrected chi connectivity index (χ0v) is 14.6. The molecule has 0 saturated heterocycles. The first-order chi connectivity index (χ1) is 8.97. The summed E-state index contributed by atoms with van der Waals surface area (Å²) in [4.78, 5) is 0. The number of hydrogen-bond acceptors (Lipinski definition) is 0. The molecule has 0 heterocycles. The average Bonchev–Trinajstić information content (AvgIpc) is 2.36. The molecular formula is C18H29Br. The molecule has 1 rings (SSSR count). The van der Waals surface area contributed by atoms with E-state index in [4.69, 9.17) is 0 Å². The highest BCUT2D eigenvalue weighted by Gasteiger charge is 2.22. The molecule has 0 aliphatic heterocycles. The minimum Gasteiger partial charge on any atom is -0.0654 e. The quantitative estimate of drug-likeness (QED) is 0.462. The third-order valence-corrected chi connectivity index (χ3v) is 4.58. The number of hydrogen-bond donors (Lipinski definition) is 0. The number of halogens is 1. The van der Waals surface area contributed by atoms with Crippen LogP contribution in [0.5, 0.6) is 0 Å². The van der Waals surface area contributed by atoms with Crippen molar-refractivity contribution in [2.24, 2.45) is 0 Å². The van der Waals surface area contributed by atoms with E-state index in [0.29, 0.717) is 5.41 Å². The number of benzene rings is 1. The van der Waals surface area contributed by atoms with Crippen molar-refractivity contribution >= 4 is 15.9 Å². The molecule has 0 N–H and O–H groups in total. The van der Waals surface area contributed by atoms with E-state index in [0.717, 1.165) is 0 Å². The molecule has 0 fully saturated rings. The highest BCUT2D eigenvalue weighted by Crippen LogP contribution is 2.33. The maximum Gasteiger partial charge on any atom is 0.0178 e. The van der Waals surface area contributed by atoms with Gasteiger partial charge in [-0.15, -0.1) is 0 Å². The molecule has 0 aliphatic carbocycles. The van der Waals surface area contributed by atoms with Gasteiger partial charge < -0.3 is 0 Å². The fourth-order valence-corrected chi connectivity index (χ4v) is 3.17. The predicted octanol–water partition coefficient (Wildman–Crippen LogP) is 6.79. The normalized spacial score (nSPS) is 11.8. The van der Waals surface area contributed by atoms with Gasteiger partial charge in [0.15, 0.2) is 0 Å². The van der Waals surface area contributed by atoms with Gasteiger partial charge in [-0.1, -0.05) is 81.3 Å². The molecule has 19 heavy (non-hydrogen) atoms. The van der Waals surface area contributed by atoms with Crippen molar-refractivity contribution in [2.45, 2.75) is 78.1 Å². The van der Waals surface area contributed by atoms with Crippen LogP contribution in [0.3, 0.4) is 0 Å². The van der Waals surface area contributed by atoms with Crippen LogP contribution in [0.1, 0.15) is 76.8 Å².